The fourth-order valence-electron chi connectivity index (χ4n) is 4.19. The van der Waals surface area contributed by atoms with Crippen LogP contribution in [0.2, 0.25) is 0 Å². The average Bonchev–Trinajstić information content (AvgIpc) is 3.23. The van der Waals surface area contributed by atoms with E-state index in [-0.39, 0.29) is 0 Å². The molecule has 5 nitrogen and oxygen atoms in total. The molecule has 0 saturated carbocycles. The van der Waals surface area contributed by atoms with E-state index < -0.39 is 0 Å². The highest BCUT2D eigenvalue weighted by atomic mass is 15.2. The van der Waals surface area contributed by atoms with Crippen LogP contribution in [0.5, 0.6) is 0 Å². The zero-order valence-corrected chi connectivity index (χ0v) is 17.2. The van der Waals surface area contributed by atoms with Gasteiger partial charge in [-0.25, -0.2) is 0 Å². The average molecular weight is 372 g/mol. The summed E-state index contributed by atoms with van der Waals surface area (Å²) in [6, 6.07) is 11.3. The number of benzene rings is 1. The van der Waals surface area contributed by atoms with Crippen molar-refractivity contribution in [1.29, 1.82) is 0 Å². The van der Waals surface area contributed by atoms with E-state index in [0.29, 0.717) is 6.04 Å². The van der Waals surface area contributed by atoms with Crippen LogP contribution in [0, 0.1) is 5.92 Å². The number of guanidine groups is 1. The Hall–Kier alpha value is -1.59. The standard InChI is InChI=1S/C22H37N5/c1-3-23-22(24-17-19-11-15-26(2)16-12-19)25-18-21(27-13-7-8-14-27)20-9-5-4-6-10-20/h4-6,9-10,19,21H,3,7-8,11-18H2,1-2H3,(H2,23,24,25). The smallest absolute Gasteiger partial charge is 0.191 e. The van der Waals surface area contributed by atoms with Gasteiger partial charge in [0.15, 0.2) is 5.96 Å². The minimum atomic E-state index is 0.382. The van der Waals surface area contributed by atoms with E-state index >= 15 is 0 Å². The fourth-order valence-corrected chi connectivity index (χ4v) is 4.19. The third-order valence-corrected chi connectivity index (χ3v) is 5.93. The Balaban J connectivity index is 1.60. The molecule has 5 heteroatoms. The second-order valence-corrected chi connectivity index (χ2v) is 8.02. The molecule has 0 spiro atoms. The lowest BCUT2D eigenvalue weighted by Gasteiger charge is -2.29. The van der Waals surface area contributed by atoms with Gasteiger partial charge in [-0.1, -0.05) is 30.3 Å². The number of nitrogens with one attached hydrogen (secondary N) is 2. The molecule has 27 heavy (non-hydrogen) atoms. The van der Waals surface area contributed by atoms with Gasteiger partial charge in [0.05, 0.1) is 12.6 Å². The molecule has 0 aliphatic carbocycles. The Morgan fingerprint density at radius 2 is 1.78 bits per heavy atom. The summed E-state index contributed by atoms with van der Waals surface area (Å²) < 4.78 is 0. The predicted molar refractivity (Wildman–Crippen MR) is 114 cm³/mol. The van der Waals surface area contributed by atoms with Crippen molar-refractivity contribution < 1.29 is 0 Å². The van der Waals surface area contributed by atoms with Crippen molar-refractivity contribution in [1.82, 2.24) is 20.4 Å². The highest BCUT2D eigenvalue weighted by Crippen LogP contribution is 2.25. The first-order valence-corrected chi connectivity index (χ1v) is 10.8. The van der Waals surface area contributed by atoms with Gasteiger partial charge in [-0.15, -0.1) is 0 Å². The Kier molecular flexibility index (Phi) is 7.96. The molecule has 1 unspecified atom stereocenters. The molecule has 2 heterocycles. The van der Waals surface area contributed by atoms with Gasteiger partial charge >= 0.3 is 0 Å². The minimum Gasteiger partial charge on any atom is -0.357 e. The van der Waals surface area contributed by atoms with Crippen LogP contribution in [0.3, 0.4) is 0 Å². The summed E-state index contributed by atoms with van der Waals surface area (Å²) in [6.07, 6.45) is 5.18. The second kappa shape index (κ2) is 10.7. The first-order chi connectivity index (χ1) is 13.3. The molecule has 0 amide bonds. The van der Waals surface area contributed by atoms with Crippen LogP contribution in [0.25, 0.3) is 0 Å². The van der Waals surface area contributed by atoms with Crippen molar-refractivity contribution in [2.75, 3.05) is 52.9 Å². The van der Waals surface area contributed by atoms with Crippen molar-refractivity contribution in [3.63, 3.8) is 0 Å². The predicted octanol–water partition coefficient (Wildman–Crippen LogP) is 2.72. The maximum absolute atomic E-state index is 4.98. The zero-order chi connectivity index (χ0) is 18.9. The lowest BCUT2D eigenvalue weighted by molar-refractivity contribution is 0.220. The molecule has 0 radical (unpaired) electrons. The van der Waals surface area contributed by atoms with Gasteiger partial charge in [0.25, 0.3) is 0 Å². The molecular weight excluding hydrogens is 334 g/mol. The largest absolute Gasteiger partial charge is 0.357 e. The number of hydrogen-bond donors (Lipinski definition) is 2. The third kappa shape index (κ3) is 6.22. The molecule has 1 atom stereocenters. The van der Waals surface area contributed by atoms with Crippen LogP contribution < -0.4 is 10.6 Å². The lowest BCUT2D eigenvalue weighted by Crippen LogP contribution is -2.42. The van der Waals surface area contributed by atoms with Crippen LogP contribution in [0.4, 0.5) is 0 Å². The molecular formula is C22H37N5. The SMILES string of the molecule is CCNC(=NCC(c1ccccc1)N1CCCC1)NCC1CCN(C)CC1. The summed E-state index contributed by atoms with van der Waals surface area (Å²) in [5.41, 5.74) is 1.38. The van der Waals surface area contributed by atoms with Gasteiger partial charge < -0.3 is 15.5 Å². The Morgan fingerprint density at radius 1 is 1.07 bits per heavy atom. The van der Waals surface area contributed by atoms with Crippen LogP contribution in [-0.4, -0.2) is 68.6 Å². The number of aliphatic imine (C=N–C) groups is 1. The topological polar surface area (TPSA) is 42.9 Å². The first kappa shape index (κ1) is 20.2. The van der Waals surface area contributed by atoms with E-state index in [1.807, 2.05) is 0 Å². The summed E-state index contributed by atoms with van der Waals surface area (Å²) in [7, 11) is 2.22. The number of piperidine rings is 1. The van der Waals surface area contributed by atoms with Crippen molar-refractivity contribution in [3.05, 3.63) is 35.9 Å². The molecule has 3 rings (SSSR count). The van der Waals surface area contributed by atoms with E-state index in [9.17, 15) is 0 Å². The maximum atomic E-state index is 4.98. The molecule has 2 fully saturated rings. The van der Waals surface area contributed by atoms with Crippen molar-refractivity contribution in [2.24, 2.45) is 10.9 Å². The normalized spacial score (nSPS) is 21.3. The highest BCUT2D eigenvalue weighted by Gasteiger charge is 2.23. The maximum Gasteiger partial charge on any atom is 0.191 e. The molecule has 1 aromatic carbocycles. The number of nitrogens with zero attached hydrogens (tertiary/aromatic N) is 3. The number of hydrogen-bond acceptors (Lipinski definition) is 3. The Bertz CT molecular complexity index is 559. The highest BCUT2D eigenvalue weighted by molar-refractivity contribution is 5.79. The number of likely N-dealkylation sites (tertiary alicyclic amines) is 2. The summed E-state index contributed by atoms with van der Waals surface area (Å²) in [6.45, 7) is 9.69. The van der Waals surface area contributed by atoms with E-state index in [1.54, 1.807) is 0 Å². The van der Waals surface area contributed by atoms with E-state index in [1.165, 1.54) is 57.4 Å². The van der Waals surface area contributed by atoms with Gasteiger partial charge in [0.2, 0.25) is 0 Å². The van der Waals surface area contributed by atoms with Gasteiger partial charge in [-0.3, -0.25) is 9.89 Å². The molecule has 2 aliphatic heterocycles. The molecule has 1 aromatic rings. The van der Waals surface area contributed by atoms with E-state index in [0.717, 1.165) is 31.5 Å². The van der Waals surface area contributed by atoms with Gasteiger partial charge in [0, 0.05) is 13.1 Å². The second-order valence-electron chi connectivity index (χ2n) is 8.02. The monoisotopic (exact) mass is 371 g/mol. The molecule has 0 bridgehead atoms. The Morgan fingerprint density at radius 3 is 2.44 bits per heavy atom. The van der Waals surface area contributed by atoms with Gasteiger partial charge in [0.1, 0.15) is 0 Å². The van der Waals surface area contributed by atoms with Gasteiger partial charge in [-0.05, 0) is 77.3 Å². The molecule has 150 valence electrons. The number of rotatable bonds is 7. The van der Waals surface area contributed by atoms with Crippen LogP contribution in [-0.2, 0) is 0 Å². The lowest BCUT2D eigenvalue weighted by atomic mass is 9.97. The minimum absolute atomic E-state index is 0.382. The van der Waals surface area contributed by atoms with E-state index in [2.05, 4.69) is 64.7 Å². The van der Waals surface area contributed by atoms with Crippen molar-refractivity contribution >= 4 is 5.96 Å². The quantitative estimate of drug-likeness (QED) is 0.571. The van der Waals surface area contributed by atoms with Crippen molar-refractivity contribution in [3.8, 4) is 0 Å². The Labute approximate surface area is 165 Å². The molecule has 2 aliphatic rings. The zero-order valence-electron chi connectivity index (χ0n) is 17.2. The molecule has 2 N–H and O–H groups in total. The van der Waals surface area contributed by atoms with Crippen LogP contribution in [0.1, 0.15) is 44.2 Å². The van der Waals surface area contributed by atoms with Crippen molar-refractivity contribution in [2.45, 2.75) is 38.6 Å². The molecule has 0 aromatic heterocycles. The fraction of sp³-hybridized carbons (Fsp3) is 0.682. The first-order valence-electron chi connectivity index (χ1n) is 10.8. The van der Waals surface area contributed by atoms with Gasteiger partial charge in [-0.2, -0.15) is 0 Å². The molecule has 2 saturated heterocycles. The van der Waals surface area contributed by atoms with Crippen LogP contribution in [0.15, 0.2) is 35.3 Å². The summed E-state index contributed by atoms with van der Waals surface area (Å²) in [5.74, 6) is 1.73. The third-order valence-electron chi connectivity index (χ3n) is 5.93. The van der Waals surface area contributed by atoms with Crippen LogP contribution >= 0.6 is 0 Å². The summed E-state index contributed by atoms with van der Waals surface area (Å²) >= 11 is 0. The van der Waals surface area contributed by atoms with E-state index in [4.69, 9.17) is 4.99 Å². The summed E-state index contributed by atoms with van der Waals surface area (Å²) in [5, 5.41) is 7.04. The summed E-state index contributed by atoms with van der Waals surface area (Å²) in [4.78, 5) is 10.00.